The zero-order valence-corrected chi connectivity index (χ0v) is 14.5. The SMILES string of the molecule is Cc1nc(N2CCN(C(=O)NCCn3cccc3)CC2)sc1C. The predicted octanol–water partition coefficient (Wildman–Crippen LogP) is 2.09. The summed E-state index contributed by atoms with van der Waals surface area (Å²) in [5.74, 6) is 0. The summed E-state index contributed by atoms with van der Waals surface area (Å²) < 4.78 is 2.06. The highest BCUT2D eigenvalue weighted by Crippen LogP contribution is 2.25. The van der Waals surface area contributed by atoms with Crippen LogP contribution in [0.1, 0.15) is 10.6 Å². The van der Waals surface area contributed by atoms with Crippen LogP contribution in [0.5, 0.6) is 0 Å². The first-order chi connectivity index (χ1) is 11.1. The third-order valence-corrected chi connectivity index (χ3v) is 5.30. The molecule has 1 aliphatic heterocycles. The summed E-state index contributed by atoms with van der Waals surface area (Å²) in [5.41, 5.74) is 1.11. The molecule has 0 saturated carbocycles. The third kappa shape index (κ3) is 3.85. The van der Waals surface area contributed by atoms with Gasteiger partial charge in [-0.1, -0.05) is 0 Å². The van der Waals surface area contributed by atoms with E-state index in [-0.39, 0.29) is 6.03 Å². The minimum Gasteiger partial charge on any atom is -0.353 e. The number of thiazole rings is 1. The molecular formula is C16H23N5OS. The number of rotatable bonds is 4. The second kappa shape index (κ2) is 7.04. The summed E-state index contributed by atoms with van der Waals surface area (Å²) in [4.78, 5) is 22.2. The van der Waals surface area contributed by atoms with Crippen molar-refractivity contribution in [2.45, 2.75) is 20.4 Å². The topological polar surface area (TPSA) is 53.4 Å². The summed E-state index contributed by atoms with van der Waals surface area (Å²) in [7, 11) is 0. The molecule has 124 valence electrons. The van der Waals surface area contributed by atoms with E-state index in [0.717, 1.165) is 43.5 Å². The monoisotopic (exact) mass is 333 g/mol. The number of nitrogens with one attached hydrogen (secondary N) is 1. The zero-order valence-electron chi connectivity index (χ0n) is 13.7. The molecule has 0 bridgehead atoms. The fraction of sp³-hybridized carbons (Fsp3) is 0.500. The van der Waals surface area contributed by atoms with Crippen LogP contribution in [0.3, 0.4) is 0 Å². The van der Waals surface area contributed by atoms with E-state index in [1.807, 2.05) is 36.4 Å². The summed E-state index contributed by atoms with van der Waals surface area (Å²) in [6.45, 7) is 8.78. The lowest BCUT2D eigenvalue weighted by atomic mass is 10.3. The lowest BCUT2D eigenvalue weighted by molar-refractivity contribution is 0.194. The van der Waals surface area contributed by atoms with Crippen LogP contribution >= 0.6 is 11.3 Å². The standard InChI is InChI=1S/C16H23N5OS/c1-13-14(2)23-16(18-13)21-11-9-20(10-12-21)15(22)17-5-8-19-6-3-4-7-19/h3-4,6-7H,5,8-12H2,1-2H3,(H,17,22). The summed E-state index contributed by atoms with van der Waals surface area (Å²) >= 11 is 1.74. The number of urea groups is 1. The van der Waals surface area contributed by atoms with Crippen molar-refractivity contribution >= 4 is 22.5 Å². The number of anilines is 1. The van der Waals surface area contributed by atoms with Gasteiger partial charge in [0.15, 0.2) is 5.13 Å². The third-order valence-electron chi connectivity index (χ3n) is 4.17. The van der Waals surface area contributed by atoms with Crippen LogP contribution < -0.4 is 10.2 Å². The van der Waals surface area contributed by atoms with Gasteiger partial charge in [0.2, 0.25) is 0 Å². The highest BCUT2D eigenvalue weighted by molar-refractivity contribution is 7.15. The maximum absolute atomic E-state index is 12.2. The molecule has 0 radical (unpaired) electrons. The molecule has 2 amide bonds. The fourth-order valence-corrected chi connectivity index (χ4v) is 3.58. The number of hydrogen-bond acceptors (Lipinski definition) is 4. The number of piperazine rings is 1. The zero-order chi connectivity index (χ0) is 16.2. The predicted molar refractivity (Wildman–Crippen MR) is 93.2 cm³/mol. The Bertz CT molecular complexity index is 624. The molecule has 3 rings (SSSR count). The minimum absolute atomic E-state index is 0.0308. The van der Waals surface area contributed by atoms with Crippen LogP contribution in [0.25, 0.3) is 0 Å². The van der Waals surface area contributed by atoms with Crippen molar-refractivity contribution in [3.63, 3.8) is 0 Å². The van der Waals surface area contributed by atoms with Gasteiger partial charge in [-0.25, -0.2) is 9.78 Å². The number of carbonyl (C=O) groups excluding carboxylic acids is 1. The molecule has 1 N–H and O–H groups in total. The average molecular weight is 333 g/mol. The molecule has 0 atom stereocenters. The summed E-state index contributed by atoms with van der Waals surface area (Å²) in [5, 5.41) is 4.07. The molecule has 2 aromatic heterocycles. The summed E-state index contributed by atoms with van der Waals surface area (Å²) in [6, 6.07) is 4.01. The molecule has 1 aliphatic rings. The van der Waals surface area contributed by atoms with Gasteiger partial charge in [0.25, 0.3) is 0 Å². The maximum Gasteiger partial charge on any atom is 0.317 e. The minimum atomic E-state index is 0.0308. The van der Waals surface area contributed by atoms with Crippen molar-refractivity contribution in [3.8, 4) is 0 Å². The molecule has 23 heavy (non-hydrogen) atoms. The Balaban J connectivity index is 1.43. The van der Waals surface area contributed by atoms with Crippen molar-refractivity contribution in [2.75, 3.05) is 37.6 Å². The first-order valence-corrected chi connectivity index (χ1v) is 8.77. The number of hydrogen-bond donors (Lipinski definition) is 1. The Morgan fingerprint density at radius 1 is 1.22 bits per heavy atom. The Hall–Kier alpha value is -2.02. The van der Waals surface area contributed by atoms with Gasteiger partial charge < -0.3 is 19.7 Å². The van der Waals surface area contributed by atoms with E-state index in [0.29, 0.717) is 6.54 Å². The second-order valence-corrected chi connectivity index (χ2v) is 6.95. The van der Waals surface area contributed by atoms with Crippen molar-refractivity contribution in [1.82, 2.24) is 19.8 Å². The van der Waals surface area contributed by atoms with Crippen LogP contribution in [-0.2, 0) is 6.54 Å². The van der Waals surface area contributed by atoms with Crippen LogP contribution in [0.4, 0.5) is 9.93 Å². The summed E-state index contributed by atoms with van der Waals surface area (Å²) in [6.07, 6.45) is 4.01. The molecule has 0 spiro atoms. The van der Waals surface area contributed by atoms with Gasteiger partial charge in [-0.15, -0.1) is 11.3 Å². The molecule has 0 unspecified atom stereocenters. The average Bonchev–Trinajstić information content (AvgIpc) is 3.18. The van der Waals surface area contributed by atoms with Crippen molar-refractivity contribution in [3.05, 3.63) is 35.1 Å². The van der Waals surface area contributed by atoms with Crippen LogP contribution in [0, 0.1) is 13.8 Å². The fourth-order valence-electron chi connectivity index (χ4n) is 2.61. The molecule has 7 heteroatoms. The van der Waals surface area contributed by atoms with Gasteiger partial charge in [0.1, 0.15) is 0 Å². The van der Waals surface area contributed by atoms with Gasteiger partial charge in [0, 0.05) is 56.5 Å². The molecular weight excluding hydrogens is 310 g/mol. The smallest absolute Gasteiger partial charge is 0.317 e. The van der Waals surface area contributed by atoms with Crippen LogP contribution in [0.15, 0.2) is 24.5 Å². The molecule has 0 aliphatic carbocycles. The first-order valence-electron chi connectivity index (χ1n) is 7.96. The quantitative estimate of drug-likeness (QED) is 0.932. The normalized spacial score (nSPS) is 15.0. The van der Waals surface area contributed by atoms with Crippen LogP contribution in [0.2, 0.25) is 0 Å². The molecule has 0 aromatic carbocycles. The lowest BCUT2D eigenvalue weighted by Gasteiger charge is -2.34. The highest BCUT2D eigenvalue weighted by atomic mass is 32.1. The van der Waals surface area contributed by atoms with Crippen molar-refractivity contribution in [1.29, 1.82) is 0 Å². The van der Waals surface area contributed by atoms with Crippen molar-refractivity contribution < 1.29 is 4.79 Å². The van der Waals surface area contributed by atoms with Gasteiger partial charge in [-0.05, 0) is 26.0 Å². The van der Waals surface area contributed by atoms with E-state index in [9.17, 15) is 4.79 Å². The largest absolute Gasteiger partial charge is 0.353 e. The van der Waals surface area contributed by atoms with Gasteiger partial charge >= 0.3 is 6.03 Å². The van der Waals surface area contributed by atoms with E-state index >= 15 is 0 Å². The Kier molecular flexibility index (Phi) is 4.85. The maximum atomic E-state index is 12.2. The number of aromatic nitrogens is 2. The number of carbonyl (C=O) groups is 1. The van der Waals surface area contributed by atoms with Crippen molar-refractivity contribution in [2.24, 2.45) is 0 Å². The Labute approximate surface area is 140 Å². The molecule has 1 saturated heterocycles. The van der Waals surface area contributed by atoms with E-state index in [1.165, 1.54) is 4.88 Å². The second-order valence-electron chi connectivity index (χ2n) is 5.76. The highest BCUT2D eigenvalue weighted by Gasteiger charge is 2.22. The van der Waals surface area contributed by atoms with Gasteiger partial charge in [-0.3, -0.25) is 0 Å². The first kappa shape index (κ1) is 15.9. The molecule has 6 nitrogen and oxygen atoms in total. The molecule has 1 fully saturated rings. The van der Waals surface area contributed by atoms with E-state index in [1.54, 1.807) is 11.3 Å². The van der Waals surface area contributed by atoms with E-state index in [2.05, 4.69) is 26.7 Å². The Morgan fingerprint density at radius 2 is 1.91 bits per heavy atom. The molecule has 2 aromatic rings. The van der Waals surface area contributed by atoms with E-state index < -0.39 is 0 Å². The number of nitrogens with zero attached hydrogens (tertiary/aromatic N) is 4. The lowest BCUT2D eigenvalue weighted by Crippen LogP contribution is -2.52. The molecule has 3 heterocycles. The van der Waals surface area contributed by atoms with Crippen LogP contribution in [-0.4, -0.2) is 53.2 Å². The number of amides is 2. The number of aryl methyl sites for hydroxylation is 2. The van der Waals surface area contributed by atoms with E-state index in [4.69, 9.17) is 0 Å². The van der Waals surface area contributed by atoms with Gasteiger partial charge in [-0.2, -0.15) is 0 Å². The Morgan fingerprint density at radius 3 is 2.52 bits per heavy atom. The van der Waals surface area contributed by atoms with Gasteiger partial charge in [0.05, 0.1) is 5.69 Å².